The van der Waals surface area contributed by atoms with Crippen LogP contribution in [0, 0.1) is 0 Å². The number of benzene rings is 1. The first-order valence-electron chi connectivity index (χ1n) is 4.27. The lowest BCUT2D eigenvalue weighted by Gasteiger charge is -2.08. The number of anilines is 1. The van der Waals surface area contributed by atoms with Crippen LogP contribution in [0.25, 0.3) is 0 Å². The van der Waals surface area contributed by atoms with Crippen LogP contribution < -0.4 is 10.6 Å². The third kappa shape index (κ3) is 3.77. The lowest BCUT2D eigenvalue weighted by Crippen LogP contribution is -2.30. The standard InChI is InChI=1S/C9H11BrN2O3/c10-6-1-2-7(8(14)5-6)12-9(15)11-3-4-13/h1-2,5,13-14H,3-4H2,(H2,11,12,15). The van der Waals surface area contributed by atoms with Crippen molar-refractivity contribution in [1.29, 1.82) is 0 Å². The van der Waals surface area contributed by atoms with Gasteiger partial charge in [-0.05, 0) is 18.2 Å². The summed E-state index contributed by atoms with van der Waals surface area (Å²) in [6, 6.07) is 4.27. The molecule has 0 aliphatic heterocycles. The normalized spacial score (nSPS) is 9.73. The molecule has 6 heteroatoms. The minimum atomic E-state index is -0.471. The summed E-state index contributed by atoms with van der Waals surface area (Å²) >= 11 is 3.18. The van der Waals surface area contributed by atoms with Gasteiger partial charge in [-0.2, -0.15) is 0 Å². The van der Waals surface area contributed by atoms with E-state index in [-0.39, 0.29) is 18.9 Å². The number of phenols is 1. The second kappa shape index (κ2) is 5.57. The summed E-state index contributed by atoms with van der Waals surface area (Å²) in [4.78, 5) is 11.2. The minimum absolute atomic E-state index is 0.0245. The van der Waals surface area contributed by atoms with Gasteiger partial charge in [0.25, 0.3) is 0 Å². The zero-order valence-electron chi connectivity index (χ0n) is 7.83. The fourth-order valence-electron chi connectivity index (χ4n) is 0.946. The van der Waals surface area contributed by atoms with Crippen LogP contribution in [0.15, 0.2) is 22.7 Å². The number of halogens is 1. The van der Waals surface area contributed by atoms with Crippen molar-refractivity contribution in [2.24, 2.45) is 0 Å². The zero-order valence-corrected chi connectivity index (χ0v) is 9.41. The summed E-state index contributed by atoms with van der Waals surface area (Å²) in [6.45, 7) is 0.0445. The summed E-state index contributed by atoms with van der Waals surface area (Å²) in [5.74, 6) is -0.0245. The molecule has 0 saturated heterocycles. The Hall–Kier alpha value is -1.27. The largest absolute Gasteiger partial charge is 0.506 e. The smallest absolute Gasteiger partial charge is 0.319 e. The van der Waals surface area contributed by atoms with Crippen LogP contribution >= 0.6 is 15.9 Å². The van der Waals surface area contributed by atoms with E-state index in [2.05, 4.69) is 26.6 Å². The first-order valence-corrected chi connectivity index (χ1v) is 5.07. The number of hydrogen-bond acceptors (Lipinski definition) is 3. The number of rotatable bonds is 3. The Kier molecular flexibility index (Phi) is 4.38. The number of aliphatic hydroxyl groups is 1. The minimum Gasteiger partial charge on any atom is -0.506 e. The fraction of sp³-hybridized carbons (Fsp3) is 0.222. The van der Waals surface area contributed by atoms with Crippen LogP contribution in [-0.4, -0.2) is 29.4 Å². The molecule has 0 spiro atoms. The SMILES string of the molecule is O=C(NCCO)Nc1ccc(Br)cc1O. The molecular formula is C9H11BrN2O3. The zero-order chi connectivity index (χ0) is 11.3. The van der Waals surface area contributed by atoms with Gasteiger partial charge in [-0.25, -0.2) is 4.79 Å². The molecule has 4 N–H and O–H groups in total. The lowest BCUT2D eigenvalue weighted by molar-refractivity contribution is 0.244. The summed E-state index contributed by atoms with van der Waals surface area (Å²) in [7, 11) is 0. The van der Waals surface area contributed by atoms with Gasteiger partial charge in [0.05, 0.1) is 12.3 Å². The molecule has 0 heterocycles. The molecule has 1 aromatic rings. The van der Waals surface area contributed by atoms with Gasteiger partial charge in [0.15, 0.2) is 0 Å². The molecule has 0 bridgehead atoms. The Morgan fingerprint density at radius 3 is 2.80 bits per heavy atom. The number of urea groups is 1. The van der Waals surface area contributed by atoms with Crippen molar-refractivity contribution in [2.75, 3.05) is 18.5 Å². The van der Waals surface area contributed by atoms with E-state index in [1.165, 1.54) is 6.07 Å². The Bertz CT molecular complexity index is 357. The van der Waals surface area contributed by atoms with Crippen LogP contribution in [0.4, 0.5) is 10.5 Å². The number of carbonyl (C=O) groups is 1. The Balaban J connectivity index is 2.60. The molecule has 0 radical (unpaired) electrons. The second-order valence-corrected chi connectivity index (χ2v) is 3.68. The maximum Gasteiger partial charge on any atom is 0.319 e. The Morgan fingerprint density at radius 2 is 2.20 bits per heavy atom. The van der Waals surface area contributed by atoms with Gasteiger partial charge in [-0.3, -0.25) is 0 Å². The van der Waals surface area contributed by atoms with Crippen molar-refractivity contribution in [3.05, 3.63) is 22.7 Å². The molecule has 0 atom stereocenters. The third-order valence-corrected chi connectivity index (χ3v) is 2.10. The van der Waals surface area contributed by atoms with E-state index in [0.29, 0.717) is 5.69 Å². The number of aromatic hydroxyl groups is 1. The molecule has 0 aliphatic carbocycles. The number of carbonyl (C=O) groups excluding carboxylic acids is 1. The monoisotopic (exact) mass is 274 g/mol. The van der Waals surface area contributed by atoms with Crippen molar-refractivity contribution >= 4 is 27.6 Å². The first kappa shape index (κ1) is 11.8. The number of amides is 2. The summed E-state index contributed by atoms with van der Waals surface area (Å²) < 4.78 is 0.723. The number of hydrogen-bond donors (Lipinski definition) is 4. The molecule has 1 rings (SSSR count). The van der Waals surface area contributed by atoms with Crippen LogP contribution in [-0.2, 0) is 0 Å². The Morgan fingerprint density at radius 1 is 1.47 bits per heavy atom. The van der Waals surface area contributed by atoms with E-state index in [4.69, 9.17) is 5.11 Å². The molecule has 0 unspecified atom stereocenters. The average molecular weight is 275 g/mol. The summed E-state index contributed by atoms with van der Waals surface area (Å²) in [5, 5.41) is 22.8. The van der Waals surface area contributed by atoms with Crippen LogP contribution in [0.5, 0.6) is 5.75 Å². The van der Waals surface area contributed by atoms with E-state index in [0.717, 1.165) is 4.47 Å². The first-order chi connectivity index (χ1) is 7.13. The molecule has 1 aromatic carbocycles. The average Bonchev–Trinajstić information content (AvgIpc) is 2.19. The molecule has 0 aromatic heterocycles. The highest BCUT2D eigenvalue weighted by atomic mass is 79.9. The van der Waals surface area contributed by atoms with Crippen LogP contribution in [0.1, 0.15) is 0 Å². The van der Waals surface area contributed by atoms with E-state index in [1.807, 2.05) is 0 Å². The quantitative estimate of drug-likeness (QED) is 0.627. The van der Waals surface area contributed by atoms with E-state index >= 15 is 0 Å². The van der Waals surface area contributed by atoms with Gasteiger partial charge in [-0.1, -0.05) is 15.9 Å². The molecule has 15 heavy (non-hydrogen) atoms. The molecule has 0 fully saturated rings. The van der Waals surface area contributed by atoms with Gasteiger partial charge in [0, 0.05) is 11.0 Å². The lowest BCUT2D eigenvalue weighted by atomic mass is 10.3. The number of nitrogens with one attached hydrogen (secondary N) is 2. The fourth-order valence-corrected chi connectivity index (χ4v) is 1.30. The topological polar surface area (TPSA) is 81.6 Å². The molecule has 82 valence electrons. The van der Waals surface area contributed by atoms with Gasteiger partial charge in [-0.15, -0.1) is 0 Å². The molecule has 0 saturated carbocycles. The van der Waals surface area contributed by atoms with Gasteiger partial charge in [0.2, 0.25) is 0 Å². The number of aliphatic hydroxyl groups excluding tert-OH is 1. The third-order valence-electron chi connectivity index (χ3n) is 1.61. The highest BCUT2D eigenvalue weighted by Gasteiger charge is 2.05. The molecule has 5 nitrogen and oxygen atoms in total. The van der Waals surface area contributed by atoms with Crippen molar-refractivity contribution in [1.82, 2.24) is 5.32 Å². The predicted molar refractivity (Wildman–Crippen MR) is 59.9 cm³/mol. The number of phenolic OH excluding ortho intramolecular Hbond substituents is 1. The van der Waals surface area contributed by atoms with E-state index in [9.17, 15) is 9.90 Å². The summed E-state index contributed by atoms with van der Waals surface area (Å²) in [5.41, 5.74) is 0.314. The Labute approximate surface area is 95.2 Å². The van der Waals surface area contributed by atoms with Gasteiger partial charge < -0.3 is 20.8 Å². The van der Waals surface area contributed by atoms with Crippen molar-refractivity contribution in [2.45, 2.75) is 0 Å². The highest BCUT2D eigenvalue weighted by molar-refractivity contribution is 9.10. The highest BCUT2D eigenvalue weighted by Crippen LogP contribution is 2.26. The van der Waals surface area contributed by atoms with Gasteiger partial charge >= 0.3 is 6.03 Å². The van der Waals surface area contributed by atoms with Crippen molar-refractivity contribution in [3.63, 3.8) is 0 Å². The van der Waals surface area contributed by atoms with Gasteiger partial charge in [0.1, 0.15) is 5.75 Å². The molecule has 0 aliphatic rings. The molecular weight excluding hydrogens is 264 g/mol. The van der Waals surface area contributed by atoms with Crippen LogP contribution in [0.2, 0.25) is 0 Å². The summed E-state index contributed by atoms with van der Waals surface area (Å²) in [6.07, 6.45) is 0. The van der Waals surface area contributed by atoms with E-state index in [1.54, 1.807) is 12.1 Å². The van der Waals surface area contributed by atoms with Crippen molar-refractivity contribution < 1.29 is 15.0 Å². The predicted octanol–water partition coefficient (Wildman–Crippen LogP) is 1.27. The molecule has 2 amide bonds. The van der Waals surface area contributed by atoms with Crippen molar-refractivity contribution in [3.8, 4) is 5.75 Å². The second-order valence-electron chi connectivity index (χ2n) is 2.77. The van der Waals surface area contributed by atoms with Crippen LogP contribution in [0.3, 0.4) is 0 Å². The maximum absolute atomic E-state index is 11.2. The maximum atomic E-state index is 11.2. The van der Waals surface area contributed by atoms with E-state index < -0.39 is 6.03 Å².